The molecule has 0 bridgehead atoms. The van der Waals surface area contributed by atoms with Crippen LogP contribution in [-0.4, -0.2) is 68.6 Å². The van der Waals surface area contributed by atoms with E-state index in [-0.39, 0.29) is 18.4 Å². The Kier molecular flexibility index (Phi) is 7.54. The number of hydrogen-bond donors (Lipinski definition) is 2. The van der Waals surface area contributed by atoms with E-state index >= 15 is 0 Å². The molecule has 0 radical (unpaired) electrons. The summed E-state index contributed by atoms with van der Waals surface area (Å²) in [4.78, 5) is 13.5. The molecule has 8 nitrogen and oxygen atoms in total. The van der Waals surface area contributed by atoms with Crippen molar-refractivity contribution in [2.24, 2.45) is 0 Å². The van der Waals surface area contributed by atoms with E-state index in [0.29, 0.717) is 19.8 Å². The van der Waals surface area contributed by atoms with Gasteiger partial charge in [0.1, 0.15) is 30.5 Å². The van der Waals surface area contributed by atoms with Crippen molar-refractivity contribution in [2.45, 2.75) is 32.2 Å². The molecule has 3 aromatic rings. The number of para-hydroxylation sites is 1. The zero-order chi connectivity index (χ0) is 27.6. The van der Waals surface area contributed by atoms with Gasteiger partial charge in [0.05, 0.1) is 32.3 Å². The number of ether oxygens (including phenoxy) is 4. The van der Waals surface area contributed by atoms with E-state index in [4.69, 9.17) is 18.9 Å². The summed E-state index contributed by atoms with van der Waals surface area (Å²) >= 11 is 0. The lowest BCUT2D eigenvalue weighted by Crippen LogP contribution is -2.38. The number of nitrogens with zero attached hydrogens (tertiary/aromatic N) is 1. The molecule has 2 atom stereocenters. The molecule has 40 heavy (non-hydrogen) atoms. The number of nitrogens with one attached hydrogen (secondary N) is 1. The second-order valence-electron chi connectivity index (χ2n) is 10.8. The molecule has 0 aromatic heterocycles. The minimum Gasteiger partial charge on any atom is -0.493 e. The number of carboxylic acids is 1. The molecule has 8 heteroatoms. The highest BCUT2D eigenvalue weighted by molar-refractivity contribution is 5.79. The van der Waals surface area contributed by atoms with E-state index < -0.39 is 5.97 Å². The van der Waals surface area contributed by atoms with E-state index in [2.05, 4.69) is 54.4 Å². The topological polar surface area (TPSA) is 89.5 Å². The molecule has 3 heterocycles. The molecule has 0 spiro atoms. The Morgan fingerprint density at radius 3 is 2.60 bits per heavy atom. The maximum atomic E-state index is 11.2. The Morgan fingerprint density at radius 1 is 1.02 bits per heavy atom. The van der Waals surface area contributed by atoms with Gasteiger partial charge in [-0.25, -0.2) is 0 Å². The van der Waals surface area contributed by atoms with Gasteiger partial charge in [-0.3, -0.25) is 9.69 Å². The Balaban J connectivity index is 1.17. The van der Waals surface area contributed by atoms with Gasteiger partial charge in [-0.15, -0.1) is 0 Å². The van der Waals surface area contributed by atoms with Crippen molar-refractivity contribution in [3.8, 4) is 28.4 Å². The van der Waals surface area contributed by atoms with Crippen LogP contribution in [0.1, 0.15) is 40.6 Å². The number of aliphatic carboxylic acids is 1. The van der Waals surface area contributed by atoms with Crippen molar-refractivity contribution < 1.29 is 28.8 Å². The van der Waals surface area contributed by atoms with Crippen molar-refractivity contribution in [3.63, 3.8) is 0 Å². The van der Waals surface area contributed by atoms with Crippen LogP contribution >= 0.6 is 0 Å². The zero-order valence-corrected chi connectivity index (χ0v) is 23.1. The smallest absolute Gasteiger partial charge is 0.304 e. The van der Waals surface area contributed by atoms with Gasteiger partial charge in [0.25, 0.3) is 0 Å². The van der Waals surface area contributed by atoms with E-state index in [1.165, 1.54) is 5.56 Å². The summed E-state index contributed by atoms with van der Waals surface area (Å²) in [5.41, 5.74) is 7.57. The molecule has 0 amide bonds. The second kappa shape index (κ2) is 11.4. The normalized spacial score (nSPS) is 19.9. The number of benzene rings is 3. The monoisotopic (exact) mass is 544 g/mol. The predicted molar refractivity (Wildman–Crippen MR) is 153 cm³/mol. The average Bonchev–Trinajstić information content (AvgIpc) is 3.53. The molecule has 0 aliphatic carbocycles. The minimum atomic E-state index is -0.810. The van der Waals surface area contributed by atoms with Gasteiger partial charge in [-0.05, 0) is 48.7 Å². The maximum Gasteiger partial charge on any atom is 0.304 e. The number of carbonyl (C=O) groups is 1. The van der Waals surface area contributed by atoms with Gasteiger partial charge < -0.3 is 29.4 Å². The quantitative estimate of drug-likeness (QED) is 0.381. The lowest BCUT2D eigenvalue weighted by molar-refractivity contribution is -0.137. The fourth-order valence-corrected chi connectivity index (χ4v) is 6.06. The highest BCUT2D eigenvalue weighted by atomic mass is 16.5. The summed E-state index contributed by atoms with van der Waals surface area (Å²) in [5, 5.41) is 12.8. The van der Waals surface area contributed by atoms with Gasteiger partial charge in [0, 0.05) is 54.0 Å². The molecule has 6 rings (SSSR count). The highest BCUT2D eigenvalue weighted by Gasteiger charge is 2.30. The standard InChI is InChI=1S/C32H36N2O6/c1-20-14-24(38-13-10-34-8-11-37-12-9-34)15-21(2)31(20)27-5-3-4-26-28(19-40-32(26)27)33-23-6-7-25-22(16-30(35)36)18-39-29(25)17-23/h3-7,14-15,17,22,28,33H,8-13,16,18-19H2,1-2H3,(H,35,36). The first kappa shape index (κ1) is 26.5. The van der Waals surface area contributed by atoms with Gasteiger partial charge in [-0.1, -0.05) is 24.3 Å². The van der Waals surface area contributed by atoms with Crippen LogP contribution in [0, 0.1) is 13.8 Å². The van der Waals surface area contributed by atoms with Crippen molar-refractivity contribution >= 4 is 11.7 Å². The van der Waals surface area contributed by atoms with Crippen molar-refractivity contribution in [1.29, 1.82) is 0 Å². The minimum absolute atomic E-state index is 0.00683. The van der Waals surface area contributed by atoms with E-state index in [1.807, 2.05) is 18.2 Å². The van der Waals surface area contributed by atoms with Crippen LogP contribution in [0.25, 0.3) is 11.1 Å². The third-order valence-electron chi connectivity index (χ3n) is 8.03. The average molecular weight is 545 g/mol. The van der Waals surface area contributed by atoms with Gasteiger partial charge in [-0.2, -0.15) is 0 Å². The summed E-state index contributed by atoms with van der Waals surface area (Å²) < 4.78 is 23.7. The number of hydrogen-bond acceptors (Lipinski definition) is 7. The molecule has 0 saturated carbocycles. The van der Waals surface area contributed by atoms with Crippen LogP contribution in [0.5, 0.6) is 17.2 Å². The number of rotatable bonds is 9. The number of carboxylic acid groups (broad SMARTS) is 1. The van der Waals surface area contributed by atoms with Crippen LogP contribution in [0.3, 0.4) is 0 Å². The lowest BCUT2D eigenvalue weighted by atomic mass is 9.92. The largest absolute Gasteiger partial charge is 0.493 e. The summed E-state index contributed by atoms with van der Waals surface area (Å²) in [6, 6.07) is 16.5. The molecule has 1 saturated heterocycles. The van der Waals surface area contributed by atoms with Crippen LogP contribution in [0.2, 0.25) is 0 Å². The Morgan fingerprint density at radius 2 is 1.82 bits per heavy atom. The molecule has 3 aliphatic heterocycles. The fourth-order valence-electron chi connectivity index (χ4n) is 6.06. The Hall–Kier alpha value is -3.75. The van der Waals surface area contributed by atoms with Crippen molar-refractivity contribution in [3.05, 3.63) is 70.8 Å². The zero-order valence-electron chi connectivity index (χ0n) is 23.1. The molecule has 3 aliphatic rings. The first-order valence-corrected chi connectivity index (χ1v) is 14.0. The molecule has 3 aromatic carbocycles. The molecule has 1 fully saturated rings. The summed E-state index contributed by atoms with van der Waals surface area (Å²) in [7, 11) is 0. The molecule has 2 unspecified atom stereocenters. The Labute approximate surface area is 234 Å². The van der Waals surface area contributed by atoms with Crippen LogP contribution in [0.15, 0.2) is 48.5 Å². The third kappa shape index (κ3) is 5.46. The fraction of sp³-hybridized carbons (Fsp3) is 0.406. The number of aryl methyl sites for hydroxylation is 2. The first-order chi connectivity index (χ1) is 19.5. The van der Waals surface area contributed by atoms with Gasteiger partial charge in [0.2, 0.25) is 0 Å². The molecule has 2 N–H and O–H groups in total. The third-order valence-corrected chi connectivity index (χ3v) is 8.03. The number of fused-ring (bicyclic) bond motifs is 2. The highest BCUT2D eigenvalue weighted by Crippen LogP contribution is 2.45. The number of anilines is 1. The van der Waals surface area contributed by atoms with Crippen LogP contribution in [-0.2, 0) is 9.53 Å². The van der Waals surface area contributed by atoms with Crippen molar-refractivity contribution in [2.75, 3.05) is 58.0 Å². The molecular weight excluding hydrogens is 508 g/mol. The number of morpholine rings is 1. The van der Waals surface area contributed by atoms with E-state index in [0.717, 1.165) is 83.6 Å². The van der Waals surface area contributed by atoms with Crippen LogP contribution in [0.4, 0.5) is 5.69 Å². The summed E-state index contributed by atoms with van der Waals surface area (Å²) in [6.45, 7) is 10.2. The van der Waals surface area contributed by atoms with Crippen molar-refractivity contribution in [1.82, 2.24) is 4.90 Å². The molecule has 210 valence electrons. The first-order valence-electron chi connectivity index (χ1n) is 14.0. The Bertz CT molecular complexity index is 1380. The molecular formula is C32H36N2O6. The van der Waals surface area contributed by atoms with Gasteiger partial charge in [0.15, 0.2) is 0 Å². The van der Waals surface area contributed by atoms with E-state index in [1.54, 1.807) is 0 Å². The van der Waals surface area contributed by atoms with Gasteiger partial charge >= 0.3 is 5.97 Å². The second-order valence-corrected chi connectivity index (χ2v) is 10.8. The SMILES string of the molecule is Cc1cc(OCCN2CCOCC2)cc(C)c1-c1cccc2c1OCC2Nc1ccc2c(c1)OCC2CC(=O)O. The summed E-state index contributed by atoms with van der Waals surface area (Å²) in [5.74, 6) is 1.64. The summed E-state index contributed by atoms with van der Waals surface area (Å²) in [6.07, 6.45) is 0.0762. The maximum absolute atomic E-state index is 11.2. The van der Waals surface area contributed by atoms with Crippen LogP contribution < -0.4 is 19.5 Å². The van der Waals surface area contributed by atoms with E-state index in [9.17, 15) is 9.90 Å². The predicted octanol–water partition coefficient (Wildman–Crippen LogP) is 5.18. The lowest BCUT2D eigenvalue weighted by Gasteiger charge is -2.26.